The third-order valence-corrected chi connectivity index (χ3v) is 6.06. The first-order valence-electron chi connectivity index (χ1n) is 11.6. The van der Waals surface area contributed by atoms with Crippen molar-refractivity contribution in [2.75, 3.05) is 6.61 Å². The van der Waals surface area contributed by atoms with Crippen LogP contribution >= 0.6 is 11.6 Å². The lowest BCUT2D eigenvalue weighted by atomic mass is 9.77. The number of benzene rings is 2. The maximum atomic E-state index is 11.4. The second kappa shape index (κ2) is 11.3. The Morgan fingerprint density at radius 2 is 1.89 bits per heavy atom. The Hall–Kier alpha value is -3.43. The molecule has 1 unspecified atom stereocenters. The van der Waals surface area contributed by atoms with Gasteiger partial charge in [0, 0.05) is 11.6 Å². The van der Waals surface area contributed by atoms with Gasteiger partial charge in [0.15, 0.2) is 5.75 Å². The number of carbonyl (C=O) groups excluding carboxylic acids is 1. The van der Waals surface area contributed by atoms with E-state index in [4.69, 9.17) is 21.1 Å². The summed E-state index contributed by atoms with van der Waals surface area (Å²) >= 11 is 6.50. The van der Waals surface area contributed by atoms with Crippen LogP contribution in [-0.4, -0.2) is 22.4 Å². The molecule has 0 spiro atoms. The van der Waals surface area contributed by atoms with Crippen LogP contribution in [0.3, 0.4) is 0 Å². The van der Waals surface area contributed by atoms with Crippen molar-refractivity contribution >= 4 is 17.4 Å². The molecule has 0 aliphatic carbocycles. The molecule has 6 nitrogen and oxygen atoms in total. The molecular formula is C28H30ClN3O3. The summed E-state index contributed by atoms with van der Waals surface area (Å²) < 4.78 is 11.8. The third-order valence-electron chi connectivity index (χ3n) is 5.78. The molecule has 7 heteroatoms. The van der Waals surface area contributed by atoms with Crippen LogP contribution in [0.1, 0.15) is 75.4 Å². The average molecular weight is 492 g/mol. The molecule has 3 aromatic rings. The molecule has 0 aliphatic rings. The van der Waals surface area contributed by atoms with E-state index in [1.165, 1.54) is 6.92 Å². The lowest BCUT2D eigenvalue weighted by Crippen LogP contribution is -2.19. The van der Waals surface area contributed by atoms with Gasteiger partial charge in [-0.15, -0.1) is 0 Å². The van der Waals surface area contributed by atoms with E-state index in [1.807, 2.05) is 50.2 Å². The minimum Gasteiger partial charge on any atom is -0.491 e. The van der Waals surface area contributed by atoms with Crippen LogP contribution < -0.4 is 9.47 Å². The maximum absolute atomic E-state index is 11.4. The molecule has 0 bridgehead atoms. The van der Waals surface area contributed by atoms with E-state index in [2.05, 4.69) is 29.9 Å². The summed E-state index contributed by atoms with van der Waals surface area (Å²) in [4.78, 5) is 20.0. The predicted octanol–water partition coefficient (Wildman–Crippen LogP) is 6.39. The van der Waals surface area contributed by atoms with Crippen molar-refractivity contribution in [2.24, 2.45) is 0 Å². The molecular weight excluding hydrogens is 462 g/mol. The Morgan fingerprint density at radius 1 is 1.17 bits per heavy atom. The fourth-order valence-corrected chi connectivity index (χ4v) is 3.99. The average Bonchev–Trinajstić information content (AvgIpc) is 2.83. The number of carbonyl (C=O) groups is 1. The number of ether oxygens (including phenoxy) is 2. The maximum Gasteiger partial charge on any atom is 0.155 e. The Morgan fingerprint density at radius 3 is 2.51 bits per heavy atom. The number of rotatable bonds is 10. The molecule has 0 N–H and O–H groups in total. The Balaban J connectivity index is 1.80. The molecule has 1 heterocycles. The molecule has 0 saturated heterocycles. The first-order valence-corrected chi connectivity index (χ1v) is 12.0. The lowest BCUT2D eigenvalue weighted by molar-refractivity contribution is -0.116. The van der Waals surface area contributed by atoms with Crippen molar-refractivity contribution in [1.29, 1.82) is 5.26 Å². The molecule has 1 aromatic heterocycles. The summed E-state index contributed by atoms with van der Waals surface area (Å²) in [6.07, 6.45) is 2.37. The molecule has 0 fully saturated rings. The van der Waals surface area contributed by atoms with Gasteiger partial charge in [-0.3, -0.25) is 4.79 Å². The summed E-state index contributed by atoms with van der Waals surface area (Å²) in [5.74, 6) is 1.64. The fraction of sp³-hybridized carbons (Fsp3) is 0.357. The SMILES string of the molecule is CCCOc1c(Cl)cc(C(C)(C)c2ccc(OC(C)c3ccnc(CC(C)=O)n3)cc2)cc1C#N. The van der Waals surface area contributed by atoms with Crippen molar-refractivity contribution in [3.63, 3.8) is 0 Å². The quantitative estimate of drug-likeness (QED) is 0.326. The largest absolute Gasteiger partial charge is 0.491 e. The molecule has 2 aromatic carbocycles. The number of nitrogens with zero attached hydrogens (tertiary/aromatic N) is 3. The zero-order valence-corrected chi connectivity index (χ0v) is 21.5. The van der Waals surface area contributed by atoms with Gasteiger partial charge in [0.1, 0.15) is 29.5 Å². The Bertz CT molecular complexity index is 1230. The Labute approximate surface area is 211 Å². The molecule has 35 heavy (non-hydrogen) atoms. The number of Topliss-reactive ketones (excluding diaryl/α,β-unsaturated/α-hetero) is 1. The number of halogens is 1. The topological polar surface area (TPSA) is 85.1 Å². The van der Waals surface area contributed by atoms with E-state index in [0.29, 0.717) is 40.2 Å². The minimum absolute atomic E-state index is 0.0141. The lowest BCUT2D eigenvalue weighted by Gasteiger charge is -2.27. The summed E-state index contributed by atoms with van der Waals surface area (Å²) in [7, 11) is 0. The molecule has 0 amide bonds. The number of aromatic nitrogens is 2. The van der Waals surface area contributed by atoms with Crippen LogP contribution in [0.2, 0.25) is 5.02 Å². The molecule has 182 valence electrons. The highest BCUT2D eigenvalue weighted by molar-refractivity contribution is 6.32. The van der Waals surface area contributed by atoms with Crippen LogP contribution in [0.25, 0.3) is 0 Å². The standard InChI is InChI=1S/C28H30ClN3O3/c1-6-13-34-27-20(17-30)15-22(16-24(27)29)28(4,5)21-7-9-23(10-8-21)35-19(3)25-11-12-31-26(32-25)14-18(2)33/h7-12,15-16,19H,6,13-14H2,1-5H3. The molecule has 0 radical (unpaired) electrons. The van der Waals surface area contributed by atoms with E-state index < -0.39 is 5.41 Å². The van der Waals surface area contributed by atoms with Gasteiger partial charge < -0.3 is 9.47 Å². The summed E-state index contributed by atoms with van der Waals surface area (Å²) in [6, 6.07) is 15.5. The normalized spacial score (nSPS) is 12.0. The first kappa shape index (κ1) is 26.2. The number of nitriles is 1. The summed E-state index contributed by atoms with van der Waals surface area (Å²) in [6.45, 7) is 10.1. The number of hydrogen-bond donors (Lipinski definition) is 0. The smallest absolute Gasteiger partial charge is 0.155 e. The van der Waals surface area contributed by atoms with Gasteiger partial charge in [-0.1, -0.05) is 44.5 Å². The van der Waals surface area contributed by atoms with Gasteiger partial charge in [0.2, 0.25) is 0 Å². The molecule has 0 aliphatic heterocycles. The predicted molar refractivity (Wildman–Crippen MR) is 136 cm³/mol. The van der Waals surface area contributed by atoms with Gasteiger partial charge >= 0.3 is 0 Å². The van der Waals surface area contributed by atoms with Gasteiger partial charge in [-0.05, 0) is 61.7 Å². The van der Waals surface area contributed by atoms with Crippen molar-refractivity contribution < 1.29 is 14.3 Å². The second-order valence-corrected chi connectivity index (χ2v) is 9.39. The van der Waals surface area contributed by atoms with E-state index in [9.17, 15) is 10.1 Å². The highest BCUT2D eigenvalue weighted by Crippen LogP contribution is 2.38. The first-order chi connectivity index (χ1) is 16.6. The number of ketones is 1. The van der Waals surface area contributed by atoms with E-state index >= 15 is 0 Å². The highest BCUT2D eigenvalue weighted by Gasteiger charge is 2.26. The van der Waals surface area contributed by atoms with Gasteiger partial charge in [-0.2, -0.15) is 5.26 Å². The monoisotopic (exact) mass is 491 g/mol. The van der Waals surface area contributed by atoms with Crippen molar-refractivity contribution in [2.45, 2.75) is 59.0 Å². The van der Waals surface area contributed by atoms with Crippen LogP contribution in [0.5, 0.6) is 11.5 Å². The summed E-state index contributed by atoms with van der Waals surface area (Å²) in [5.41, 5.74) is 2.70. The van der Waals surface area contributed by atoms with Gasteiger partial charge in [0.25, 0.3) is 0 Å². The molecule has 0 saturated carbocycles. The second-order valence-electron chi connectivity index (χ2n) is 8.98. The van der Waals surface area contributed by atoms with E-state index in [1.54, 1.807) is 12.3 Å². The Kier molecular flexibility index (Phi) is 8.48. The van der Waals surface area contributed by atoms with Gasteiger partial charge in [-0.25, -0.2) is 9.97 Å². The van der Waals surface area contributed by atoms with Gasteiger partial charge in [0.05, 0.1) is 29.3 Å². The molecule has 1 atom stereocenters. The van der Waals surface area contributed by atoms with Crippen molar-refractivity contribution in [3.05, 3.63) is 81.9 Å². The van der Waals surface area contributed by atoms with Crippen LogP contribution in [0.4, 0.5) is 0 Å². The third kappa shape index (κ3) is 6.37. The van der Waals surface area contributed by atoms with E-state index in [0.717, 1.165) is 17.5 Å². The van der Waals surface area contributed by atoms with Crippen molar-refractivity contribution in [3.8, 4) is 17.6 Å². The zero-order chi connectivity index (χ0) is 25.6. The van der Waals surface area contributed by atoms with Crippen LogP contribution in [-0.2, 0) is 16.6 Å². The zero-order valence-electron chi connectivity index (χ0n) is 20.8. The fourth-order valence-electron chi connectivity index (χ4n) is 3.72. The van der Waals surface area contributed by atoms with Crippen LogP contribution in [0, 0.1) is 11.3 Å². The highest BCUT2D eigenvalue weighted by atomic mass is 35.5. The van der Waals surface area contributed by atoms with E-state index in [-0.39, 0.29) is 18.3 Å². The van der Waals surface area contributed by atoms with Crippen LogP contribution in [0.15, 0.2) is 48.7 Å². The number of hydrogen-bond acceptors (Lipinski definition) is 6. The minimum atomic E-state index is -0.406. The van der Waals surface area contributed by atoms with Crippen molar-refractivity contribution in [1.82, 2.24) is 9.97 Å². The summed E-state index contributed by atoms with van der Waals surface area (Å²) in [5, 5.41) is 10.1. The molecule has 3 rings (SSSR count).